The van der Waals surface area contributed by atoms with Gasteiger partial charge in [0.05, 0.1) is 12.8 Å². The minimum absolute atomic E-state index is 0.701. The molecular weight excluding hydrogens is 382 g/mol. The molecule has 0 radical (unpaired) electrons. The zero-order valence-corrected chi connectivity index (χ0v) is 17.9. The summed E-state index contributed by atoms with van der Waals surface area (Å²) in [5.74, 6) is 0.785. The van der Waals surface area contributed by atoms with Gasteiger partial charge in [-0.25, -0.2) is 4.98 Å². The molecule has 2 heterocycles. The Balaban J connectivity index is 2.00. The van der Waals surface area contributed by atoms with E-state index in [2.05, 4.69) is 30.1 Å². The molecule has 0 aliphatic rings. The molecule has 4 aromatic rings. The number of pyridine rings is 1. The van der Waals surface area contributed by atoms with Gasteiger partial charge in [-0.05, 0) is 81.1 Å². The van der Waals surface area contributed by atoms with Gasteiger partial charge in [0.25, 0.3) is 0 Å². The van der Waals surface area contributed by atoms with Gasteiger partial charge < -0.3 is 15.5 Å². The number of rotatable bonds is 6. The largest absolute Gasteiger partial charge is 0.494 e. The van der Waals surface area contributed by atoms with Crippen LogP contribution in [0.4, 0.5) is 0 Å². The van der Waals surface area contributed by atoms with Crippen LogP contribution in [0.5, 0.6) is 5.75 Å². The number of aromatic amines is 1. The Bertz CT molecular complexity index is 1200. The SMILES string of the molecule is COc1ccc(-c2[nH]c3c(C)cc(Cl)cc3c2CCCCN)c2ccc(C)nc12. The van der Waals surface area contributed by atoms with Crippen LogP contribution in [-0.4, -0.2) is 23.6 Å². The average Bonchev–Trinajstić information content (AvgIpc) is 3.06. The number of hydrogen-bond donors (Lipinski definition) is 2. The summed E-state index contributed by atoms with van der Waals surface area (Å²) in [4.78, 5) is 8.44. The van der Waals surface area contributed by atoms with E-state index in [0.29, 0.717) is 6.54 Å². The molecule has 0 bridgehead atoms. The van der Waals surface area contributed by atoms with Crippen LogP contribution in [0.1, 0.15) is 29.7 Å². The van der Waals surface area contributed by atoms with Gasteiger partial charge in [0.2, 0.25) is 0 Å². The van der Waals surface area contributed by atoms with E-state index in [-0.39, 0.29) is 0 Å². The van der Waals surface area contributed by atoms with Gasteiger partial charge in [-0.3, -0.25) is 0 Å². The first-order valence-corrected chi connectivity index (χ1v) is 10.4. The molecule has 150 valence electrons. The Morgan fingerprint density at radius 2 is 1.90 bits per heavy atom. The fourth-order valence-corrected chi connectivity index (χ4v) is 4.36. The van der Waals surface area contributed by atoms with Gasteiger partial charge >= 0.3 is 0 Å². The number of benzene rings is 2. The van der Waals surface area contributed by atoms with Crippen LogP contribution in [0.2, 0.25) is 5.02 Å². The van der Waals surface area contributed by atoms with Crippen molar-refractivity contribution in [2.45, 2.75) is 33.1 Å². The molecule has 0 atom stereocenters. The summed E-state index contributed by atoms with van der Waals surface area (Å²) in [6.07, 6.45) is 2.97. The van der Waals surface area contributed by atoms with Crippen LogP contribution in [0.3, 0.4) is 0 Å². The fourth-order valence-electron chi connectivity index (χ4n) is 4.09. The lowest BCUT2D eigenvalue weighted by Crippen LogP contribution is -1.99. The number of halogens is 1. The van der Waals surface area contributed by atoms with Crippen LogP contribution in [0.15, 0.2) is 36.4 Å². The smallest absolute Gasteiger partial charge is 0.145 e. The van der Waals surface area contributed by atoms with Gasteiger partial charge in [-0.1, -0.05) is 17.7 Å². The molecule has 5 heteroatoms. The molecule has 0 saturated heterocycles. The molecule has 0 fully saturated rings. The molecule has 2 aromatic carbocycles. The van der Waals surface area contributed by atoms with Crippen molar-refractivity contribution in [3.8, 4) is 17.0 Å². The topological polar surface area (TPSA) is 63.9 Å². The molecule has 0 aliphatic heterocycles. The van der Waals surface area contributed by atoms with Crippen molar-refractivity contribution in [1.29, 1.82) is 0 Å². The first-order chi connectivity index (χ1) is 14.0. The summed E-state index contributed by atoms with van der Waals surface area (Å²) in [6.45, 7) is 4.79. The van der Waals surface area contributed by atoms with Crippen molar-refractivity contribution in [3.05, 3.63) is 58.2 Å². The number of H-pyrrole nitrogens is 1. The second kappa shape index (κ2) is 8.05. The lowest BCUT2D eigenvalue weighted by molar-refractivity contribution is 0.419. The molecule has 2 aromatic heterocycles. The summed E-state index contributed by atoms with van der Waals surface area (Å²) in [6, 6.07) is 12.4. The normalized spacial score (nSPS) is 11.5. The third kappa shape index (κ3) is 3.59. The molecular formula is C24H26ClN3O. The molecule has 4 nitrogen and oxygen atoms in total. The lowest BCUT2D eigenvalue weighted by atomic mass is 9.97. The second-order valence-electron chi connectivity index (χ2n) is 7.53. The number of methoxy groups -OCH3 is 1. The monoisotopic (exact) mass is 407 g/mol. The van der Waals surface area contributed by atoms with Crippen LogP contribution in [0.25, 0.3) is 33.1 Å². The molecule has 0 aliphatic carbocycles. The summed E-state index contributed by atoms with van der Waals surface area (Å²) < 4.78 is 5.57. The number of fused-ring (bicyclic) bond motifs is 2. The Morgan fingerprint density at radius 1 is 1.07 bits per heavy atom. The maximum atomic E-state index is 6.40. The first-order valence-electron chi connectivity index (χ1n) is 9.99. The summed E-state index contributed by atoms with van der Waals surface area (Å²) in [7, 11) is 1.69. The fraction of sp³-hybridized carbons (Fsp3) is 0.292. The van der Waals surface area contributed by atoms with Crippen LogP contribution in [0, 0.1) is 13.8 Å². The average molecular weight is 408 g/mol. The van der Waals surface area contributed by atoms with Crippen molar-refractivity contribution in [3.63, 3.8) is 0 Å². The third-order valence-corrected chi connectivity index (χ3v) is 5.72. The van der Waals surface area contributed by atoms with Gasteiger partial charge in [0.15, 0.2) is 0 Å². The Kier molecular flexibility index (Phi) is 5.48. The molecule has 0 spiro atoms. The van der Waals surface area contributed by atoms with Crippen LogP contribution < -0.4 is 10.5 Å². The predicted octanol–water partition coefficient (Wildman–Crippen LogP) is 5.94. The lowest BCUT2D eigenvalue weighted by Gasteiger charge is -2.12. The number of aryl methyl sites for hydroxylation is 3. The molecule has 4 rings (SSSR count). The minimum atomic E-state index is 0.701. The molecule has 0 saturated carbocycles. The van der Waals surface area contributed by atoms with E-state index in [1.54, 1.807) is 7.11 Å². The van der Waals surface area contributed by atoms with E-state index in [4.69, 9.17) is 27.1 Å². The third-order valence-electron chi connectivity index (χ3n) is 5.51. The number of nitrogens with zero attached hydrogens (tertiary/aromatic N) is 1. The van der Waals surface area contributed by atoms with Crippen molar-refractivity contribution in [1.82, 2.24) is 9.97 Å². The van der Waals surface area contributed by atoms with E-state index in [9.17, 15) is 0 Å². The molecule has 3 N–H and O–H groups in total. The number of nitrogens with two attached hydrogens (primary N) is 1. The number of hydrogen-bond acceptors (Lipinski definition) is 3. The summed E-state index contributed by atoms with van der Waals surface area (Å²) in [5.41, 5.74) is 13.4. The van der Waals surface area contributed by atoms with E-state index in [1.807, 2.05) is 25.1 Å². The van der Waals surface area contributed by atoms with Gasteiger partial charge in [0.1, 0.15) is 11.3 Å². The highest BCUT2D eigenvalue weighted by molar-refractivity contribution is 6.31. The zero-order valence-electron chi connectivity index (χ0n) is 17.1. The Morgan fingerprint density at radius 3 is 2.66 bits per heavy atom. The van der Waals surface area contributed by atoms with E-state index in [1.165, 1.54) is 10.9 Å². The van der Waals surface area contributed by atoms with Crippen molar-refractivity contribution in [2.75, 3.05) is 13.7 Å². The van der Waals surface area contributed by atoms with Crippen molar-refractivity contribution >= 4 is 33.4 Å². The maximum Gasteiger partial charge on any atom is 0.145 e. The van der Waals surface area contributed by atoms with Crippen LogP contribution in [-0.2, 0) is 6.42 Å². The van der Waals surface area contributed by atoms with Gasteiger partial charge in [0, 0.05) is 32.6 Å². The predicted molar refractivity (Wildman–Crippen MR) is 122 cm³/mol. The molecule has 0 unspecified atom stereocenters. The number of unbranched alkanes of at least 4 members (excludes halogenated alkanes) is 1. The standard InChI is InChI=1S/C24H26ClN3O/c1-14-12-16(25)13-20-17(6-4-5-11-26)23(28-22(14)20)18-9-10-21(29-3)24-19(18)8-7-15(2)27-24/h7-10,12-13,28H,4-6,11,26H2,1-3H3. The Hall–Kier alpha value is -2.56. The summed E-state index contributed by atoms with van der Waals surface area (Å²) >= 11 is 6.40. The quantitative estimate of drug-likeness (QED) is 0.388. The van der Waals surface area contributed by atoms with Gasteiger partial charge in [-0.15, -0.1) is 0 Å². The van der Waals surface area contributed by atoms with Crippen molar-refractivity contribution < 1.29 is 4.74 Å². The first kappa shape index (κ1) is 19.7. The zero-order chi connectivity index (χ0) is 20.5. The number of nitrogens with one attached hydrogen (secondary N) is 1. The van der Waals surface area contributed by atoms with Crippen LogP contribution >= 0.6 is 11.6 Å². The Labute approximate surface area is 176 Å². The van der Waals surface area contributed by atoms with E-state index in [0.717, 1.165) is 69.0 Å². The molecule has 29 heavy (non-hydrogen) atoms. The highest BCUT2D eigenvalue weighted by atomic mass is 35.5. The second-order valence-corrected chi connectivity index (χ2v) is 7.97. The highest BCUT2D eigenvalue weighted by Crippen LogP contribution is 2.39. The highest BCUT2D eigenvalue weighted by Gasteiger charge is 2.18. The molecule has 0 amide bonds. The van der Waals surface area contributed by atoms with E-state index >= 15 is 0 Å². The van der Waals surface area contributed by atoms with Crippen molar-refractivity contribution in [2.24, 2.45) is 5.73 Å². The van der Waals surface area contributed by atoms with E-state index < -0.39 is 0 Å². The number of ether oxygens (including phenoxy) is 1. The van der Waals surface area contributed by atoms with Gasteiger partial charge in [-0.2, -0.15) is 0 Å². The maximum absolute atomic E-state index is 6.40. The minimum Gasteiger partial charge on any atom is -0.494 e. The number of aromatic nitrogens is 2. The summed E-state index contributed by atoms with van der Waals surface area (Å²) in [5, 5.41) is 3.02.